The molecule has 1 aliphatic rings. The Bertz CT molecular complexity index is 611. The van der Waals surface area contributed by atoms with Gasteiger partial charge in [-0.15, -0.1) is 0 Å². The molecule has 0 aromatic heterocycles. The average Bonchev–Trinajstić information content (AvgIpc) is 2.79. The number of alkyl halides is 3. The van der Waals surface area contributed by atoms with Crippen molar-refractivity contribution < 1.29 is 27.4 Å². The van der Waals surface area contributed by atoms with Gasteiger partial charge in [0, 0.05) is 6.92 Å². The molecule has 2 rings (SSSR count). The van der Waals surface area contributed by atoms with E-state index in [-0.39, 0.29) is 12.4 Å². The van der Waals surface area contributed by atoms with E-state index in [0.29, 0.717) is 10.3 Å². The number of ether oxygens (including phenoxy) is 1. The van der Waals surface area contributed by atoms with Crippen LogP contribution >= 0.6 is 0 Å². The van der Waals surface area contributed by atoms with Gasteiger partial charge in [-0.2, -0.15) is 18.0 Å². The lowest BCUT2D eigenvalue weighted by atomic mass is 10.2. The fourth-order valence-electron chi connectivity index (χ4n) is 1.72. The number of hydrogen-bond acceptors (Lipinski definition) is 4. The van der Waals surface area contributed by atoms with Gasteiger partial charge in [0.2, 0.25) is 0 Å². The summed E-state index contributed by atoms with van der Waals surface area (Å²) in [6.07, 6.45) is -5.71. The topological polar surface area (TPSA) is 54.0 Å². The molecule has 1 atom stereocenters. The van der Waals surface area contributed by atoms with Gasteiger partial charge in [-0.25, -0.2) is 0 Å². The molecule has 0 saturated heterocycles. The molecular weight excluding hydrogens is 287 g/mol. The first-order valence-electron chi connectivity index (χ1n) is 6.20. The molecule has 5 nitrogen and oxygen atoms in total. The number of rotatable bonds is 2. The zero-order valence-electron chi connectivity index (χ0n) is 11.4. The predicted octanol–water partition coefficient (Wildman–Crippen LogP) is 3.35. The van der Waals surface area contributed by atoms with E-state index >= 15 is 0 Å². The van der Waals surface area contributed by atoms with Crippen molar-refractivity contribution in [1.82, 2.24) is 0 Å². The van der Waals surface area contributed by atoms with Crippen molar-refractivity contribution in [3.8, 4) is 0 Å². The molecule has 1 amide bonds. The molecule has 1 aromatic carbocycles. The Balaban J connectivity index is 2.52. The Kier molecular flexibility index (Phi) is 3.80. The fraction of sp³-hybridized carbons (Fsp3) is 0.385. The van der Waals surface area contributed by atoms with Crippen molar-refractivity contribution in [2.24, 2.45) is 10.1 Å². The van der Waals surface area contributed by atoms with Crippen molar-refractivity contribution >= 4 is 11.9 Å². The highest BCUT2D eigenvalue weighted by molar-refractivity contribution is 5.97. The smallest absolute Gasteiger partial charge is 0.430 e. The highest BCUT2D eigenvalue weighted by Gasteiger charge is 2.63. The van der Waals surface area contributed by atoms with Crippen LogP contribution < -0.4 is 0 Å². The van der Waals surface area contributed by atoms with E-state index in [4.69, 9.17) is 4.74 Å². The number of halogens is 3. The van der Waals surface area contributed by atoms with Gasteiger partial charge in [-0.05, 0) is 33.9 Å². The van der Waals surface area contributed by atoms with E-state index in [2.05, 4.69) is 10.1 Å². The first kappa shape index (κ1) is 15.1. The maximum absolute atomic E-state index is 13.1. The van der Waals surface area contributed by atoms with E-state index in [1.165, 1.54) is 0 Å². The van der Waals surface area contributed by atoms with Crippen molar-refractivity contribution in [2.75, 3.05) is 6.61 Å². The number of carbonyl (C=O) groups is 1. The van der Waals surface area contributed by atoms with Crippen LogP contribution in [0.15, 0.2) is 40.4 Å². The first-order chi connectivity index (χ1) is 9.78. The van der Waals surface area contributed by atoms with Crippen molar-refractivity contribution in [3.63, 3.8) is 0 Å². The molecule has 1 aliphatic heterocycles. The van der Waals surface area contributed by atoms with E-state index in [1.54, 1.807) is 37.3 Å². The van der Waals surface area contributed by atoms with Gasteiger partial charge in [0.25, 0.3) is 0 Å². The number of aliphatic imine (C=N–C) groups is 1. The average molecular weight is 300 g/mol. The number of benzene rings is 1. The third-order valence-corrected chi connectivity index (χ3v) is 2.83. The zero-order chi connectivity index (χ0) is 15.7. The summed E-state index contributed by atoms with van der Waals surface area (Å²) in [6, 6.07) is 8.05. The van der Waals surface area contributed by atoms with Gasteiger partial charge in [0.15, 0.2) is 0 Å². The molecule has 21 heavy (non-hydrogen) atoms. The second-order valence-electron chi connectivity index (χ2n) is 4.43. The summed E-state index contributed by atoms with van der Waals surface area (Å²) >= 11 is 0. The number of hydrogen-bond donors (Lipinski definition) is 0. The van der Waals surface area contributed by atoms with E-state index in [0.717, 1.165) is 6.92 Å². The lowest BCUT2D eigenvalue weighted by Gasteiger charge is -2.12. The van der Waals surface area contributed by atoms with Crippen molar-refractivity contribution in [1.29, 1.82) is 0 Å². The molecule has 0 N–H and O–H groups in total. The normalized spacial score (nSPS) is 21.8. The van der Waals surface area contributed by atoms with Crippen LogP contribution in [0.2, 0.25) is 0 Å². The van der Waals surface area contributed by atoms with E-state index in [1.807, 2.05) is 0 Å². The van der Waals surface area contributed by atoms with Gasteiger partial charge in [-0.1, -0.05) is 18.2 Å². The highest BCUT2D eigenvalue weighted by Crippen LogP contribution is 2.38. The van der Waals surface area contributed by atoms with Crippen molar-refractivity contribution in [2.45, 2.75) is 25.7 Å². The van der Waals surface area contributed by atoms with Crippen LogP contribution in [-0.2, 0) is 4.74 Å². The molecule has 112 valence electrons. The van der Waals surface area contributed by atoms with Crippen LogP contribution in [0.25, 0.3) is 0 Å². The van der Waals surface area contributed by atoms with Crippen LogP contribution in [0.4, 0.5) is 18.0 Å². The Morgan fingerprint density at radius 3 is 2.48 bits per heavy atom. The molecule has 8 heteroatoms. The van der Waals surface area contributed by atoms with Gasteiger partial charge >= 0.3 is 23.8 Å². The molecule has 0 fully saturated rings. The number of azo groups is 2. The molecule has 0 radical (unpaired) electrons. The maximum atomic E-state index is 13.1. The highest BCUT2D eigenvalue weighted by atomic mass is 19.4. The first-order valence-corrected chi connectivity index (χ1v) is 6.20. The summed E-state index contributed by atoms with van der Waals surface area (Å²) in [6.45, 7) is 2.38. The van der Waals surface area contributed by atoms with Gasteiger partial charge in [0.05, 0.1) is 12.2 Å². The number of carbonyl (C=O) groups excluding carboxylic acids is 1. The molecule has 0 saturated carbocycles. The summed E-state index contributed by atoms with van der Waals surface area (Å²) in [5, 5.41) is 3.40. The largest absolute Gasteiger partial charge is 0.533 e. The zero-order valence-corrected chi connectivity index (χ0v) is 11.4. The number of nitrogens with zero attached hydrogens (tertiary/aromatic N) is 3. The summed E-state index contributed by atoms with van der Waals surface area (Å²) in [5.74, 6) is -0.186. The fourth-order valence-corrected chi connectivity index (χ4v) is 1.72. The van der Waals surface area contributed by atoms with Crippen LogP contribution in [0.5, 0.6) is 0 Å². The lowest BCUT2D eigenvalue weighted by molar-refractivity contribution is -0.406. The minimum absolute atomic E-state index is 0.0235. The maximum Gasteiger partial charge on any atom is 0.533 e. The number of amides is 1. The standard InChI is InChI=1S/C13H13F3N3O2/c1-3-21-11(20)19-10(9-7-5-4-6-8-9)17-12(2,18-19)13(14,15)16/h4-8H,3H2,1-2H3/q+1. The minimum Gasteiger partial charge on any atom is -0.430 e. The Labute approximate surface area is 118 Å². The van der Waals surface area contributed by atoms with Crippen LogP contribution in [0, 0.1) is 0 Å². The minimum atomic E-state index is -4.71. The second kappa shape index (κ2) is 5.27. The third-order valence-electron chi connectivity index (χ3n) is 2.83. The van der Waals surface area contributed by atoms with Gasteiger partial charge < -0.3 is 4.74 Å². The molecule has 0 aliphatic carbocycles. The van der Waals surface area contributed by atoms with E-state index in [9.17, 15) is 18.0 Å². The quantitative estimate of drug-likeness (QED) is 0.786. The van der Waals surface area contributed by atoms with Crippen LogP contribution in [0.3, 0.4) is 0 Å². The Morgan fingerprint density at radius 2 is 1.95 bits per heavy atom. The third kappa shape index (κ3) is 2.79. The number of amidine groups is 1. The molecule has 1 unspecified atom stereocenters. The summed E-state index contributed by atoms with van der Waals surface area (Å²) in [5.41, 5.74) is -2.35. The van der Waals surface area contributed by atoms with Gasteiger partial charge in [-0.3, -0.25) is 0 Å². The molecule has 1 aromatic rings. The monoisotopic (exact) mass is 300 g/mol. The SMILES string of the molecule is CCOC(=O)[N+]1=NC(C)(C(F)(F)F)N=C1c1ccccc1. The molecule has 0 spiro atoms. The summed E-state index contributed by atoms with van der Waals surface area (Å²) < 4.78 is 44.5. The second-order valence-corrected chi connectivity index (χ2v) is 4.43. The van der Waals surface area contributed by atoms with Crippen LogP contribution in [0.1, 0.15) is 19.4 Å². The predicted molar refractivity (Wildman–Crippen MR) is 67.1 cm³/mol. The van der Waals surface area contributed by atoms with Crippen LogP contribution in [-0.4, -0.2) is 35.1 Å². The summed E-state index contributed by atoms with van der Waals surface area (Å²) in [7, 11) is 0. The van der Waals surface area contributed by atoms with Crippen molar-refractivity contribution in [3.05, 3.63) is 35.9 Å². The Morgan fingerprint density at radius 1 is 1.33 bits per heavy atom. The summed E-state index contributed by atoms with van der Waals surface area (Å²) in [4.78, 5) is 15.4. The van der Waals surface area contributed by atoms with Gasteiger partial charge in [0.1, 0.15) is 0 Å². The Hall–Kier alpha value is -2.25. The van der Waals surface area contributed by atoms with E-state index < -0.39 is 17.9 Å². The molecular formula is C13H13F3N3O2+. The molecule has 1 heterocycles. The molecule has 0 bridgehead atoms. The lowest BCUT2D eigenvalue weighted by Crippen LogP contribution is -2.37.